The molecule has 3 heterocycles. The molecule has 1 aromatic carbocycles. The number of aliphatic hydroxyl groups excluding tert-OH is 6. The number of hydrogen-bond donors (Lipinski definition) is 13. The molecule has 0 aromatic heterocycles. The predicted octanol–water partition coefficient (Wildman–Crippen LogP) is -5.45. The number of hydrogen-bond acceptors (Lipinski definition) is 20. The first-order chi connectivity index (χ1) is 37.6. The minimum atomic E-state index is -2.19. The van der Waals surface area contributed by atoms with Gasteiger partial charge in [-0.3, -0.25) is 43.4 Å². The summed E-state index contributed by atoms with van der Waals surface area (Å²) in [7, 11) is 0. The zero-order valence-electron chi connectivity index (χ0n) is 46.0. The number of β-amino-alcohol motifs (C(OH)–C–C–N with tert-alkyl or cyclic N) is 1. The maximum atomic E-state index is 14.6. The fraction of sp³-hybridized carbons (Fsp3) is 0.725. The van der Waals surface area contributed by atoms with Crippen molar-refractivity contribution in [3.8, 4) is 11.5 Å². The van der Waals surface area contributed by atoms with Gasteiger partial charge in [-0.05, 0) is 31.0 Å². The van der Waals surface area contributed by atoms with Crippen LogP contribution in [0.3, 0.4) is 0 Å². The van der Waals surface area contributed by atoms with Crippen LogP contribution >= 0.6 is 12.3 Å². The van der Waals surface area contributed by atoms with Gasteiger partial charge in [-0.15, -0.1) is 4.33 Å². The summed E-state index contributed by atoms with van der Waals surface area (Å²) in [6.07, 6.45) is 0.681. The first-order valence-electron chi connectivity index (χ1n) is 27.2. The Balaban J connectivity index is 0.0000168. The van der Waals surface area contributed by atoms with Crippen molar-refractivity contribution in [3.05, 3.63) is 23.8 Å². The van der Waals surface area contributed by atoms with E-state index in [0.717, 1.165) is 61.0 Å². The Morgan fingerprint density at radius 3 is 1.96 bits per heavy atom. The maximum Gasteiger partial charge on any atom is 1.00 e. The molecule has 0 bridgehead atoms. The minimum absolute atomic E-state index is 0. The van der Waals surface area contributed by atoms with E-state index in [1.54, 1.807) is 0 Å². The Labute approximate surface area is 491 Å². The summed E-state index contributed by atoms with van der Waals surface area (Å²) in [4.78, 5) is 113. The van der Waals surface area contributed by atoms with Crippen molar-refractivity contribution in [2.24, 2.45) is 11.7 Å². The molecule has 3 saturated heterocycles. The molecule has 13 atom stereocenters. The topological polar surface area (TPSA) is 422 Å². The van der Waals surface area contributed by atoms with Crippen molar-refractivity contribution in [3.63, 3.8) is 0 Å². The summed E-state index contributed by atoms with van der Waals surface area (Å²) < 4.78 is 9.13. The van der Waals surface area contributed by atoms with E-state index in [1.807, 2.05) is 0 Å². The van der Waals surface area contributed by atoms with Gasteiger partial charge in [-0.2, -0.15) is 0 Å². The molecule has 0 aliphatic carbocycles. The summed E-state index contributed by atoms with van der Waals surface area (Å²) in [5.41, 5.74) is 5.47. The molecule has 13 unspecified atom stereocenters. The third-order valence-electron chi connectivity index (χ3n) is 14.3. The minimum Gasteiger partial charge on any atom is -0.691 e. The number of nitrogens with zero attached hydrogens (tertiary/aromatic N) is 2. The van der Waals surface area contributed by atoms with Gasteiger partial charge in [-0.25, -0.2) is 0 Å². The Morgan fingerprint density at radius 2 is 1.36 bits per heavy atom. The second kappa shape index (κ2) is 35.5. The number of benzene rings is 1. The van der Waals surface area contributed by atoms with Gasteiger partial charge in [0, 0.05) is 51.2 Å². The number of aliphatic hydroxyl groups is 6. The largest absolute Gasteiger partial charge is 1.00 e. The molecule has 80 heavy (non-hydrogen) atoms. The van der Waals surface area contributed by atoms with Crippen molar-refractivity contribution < 1.29 is 122 Å². The second-order valence-electron chi connectivity index (χ2n) is 20.8. The van der Waals surface area contributed by atoms with E-state index in [-0.39, 0.29) is 66.2 Å². The first kappa shape index (κ1) is 69.8. The third-order valence-corrected chi connectivity index (χ3v) is 14.7. The summed E-state index contributed by atoms with van der Waals surface area (Å²) in [6.45, 7) is 3.24. The number of aromatic hydroxyl groups is 1. The Kier molecular flexibility index (Phi) is 31.0. The molecule has 446 valence electrons. The number of nitrogens with two attached hydrogens (primary N) is 1. The van der Waals surface area contributed by atoms with E-state index in [1.165, 1.54) is 57.9 Å². The summed E-state index contributed by atoms with van der Waals surface area (Å²) in [5, 5.41) is 103. The summed E-state index contributed by atoms with van der Waals surface area (Å²) >= 11 is 0.00590. The molecule has 27 nitrogen and oxygen atoms in total. The average molecular weight is 1170 g/mol. The van der Waals surface area contributed by atoms with Crippen LogP contribution in [-0.2, 0) is 54.1 Å². The molecular formula is C51H81N8NaO19S. The van der Waals surface area contributed by atoms with Crippen LogP contribution in [-0.4, -0.2) is 185 Å². The fourth-order valence-corrected chi connectivity index (χ4v) is 10.2. The van der Waals surface area contributed by atoms with Crippen LogP contribution < -0.4 is 71.3 Å². The van der Waals surface area contributed by atoms with E-state index in [4.69, 9.17) is 9.92 Å². The maximum absolute atomic E-state index is 14.6. The Hall–Kier alpha value is -4.43. The number of phenols is 1. The van der Waals surface area contributed by atoms with Crippen LogP contribution in [0.1, 0.15) is 135 Å². The van der Waals surface area contributed by atoms with Crippen LogP contribution in [0.4, 0.5) is 0 Å². The van der Waals surface area contributed by atoms with Gasteiger partial charge in [-0.1, -0.05) is 97.0 Å². The monoisotopic (exact) mass is 1160 g/mol. The molecule has 14 N–H and O–H groups in total. The van der Waals surface area contributed by atoms with Gasteiger partial charge in [0.05, 0.1) is 43.0 Å². The number of phenolic OH excluding ortho intramolecular Hbond substituents is 1. The smallest absolute Gasteiger partial charge is 0.691 e. The van der Waals surface area contributed by atoms with Gasteiger partial charge in [0.1, 0.15) is 36.3 Å². The molecule has 8 amide bonds. The number of carbonyl (C=O) groups is 8. The molecule has 0 radical (unpaired) electrons. The zero-order chi connectivity index (χ0) is 58.3. The fourth-order valence-electron chi connectivity index (χ4n) is 9.99. The van der Waals surface area contributed by atoms with Crippen molar-refractivity contribution in [1.29, 1.82) is 0 Å². The zero-order valence-corrected chi connectivity index (χ0v) is 48.8. The van der Waals surface area contributed by atoms with E-state index in [2.05, 4.69) is 42.9 Å². The van der Waals surface area contributed by atoms with E-state index in [0.29, 0.717) is 6.42 Å². The summed E-state index contributed by atoms with van der Waals surface area (Å²) in [6, 6.07) is -7.80. The van der Waals surface area contributed by atoms with Gasteiger partial charge in [0.2, 0.25) is 47.3 Å². The Bertz CT molecular complexity index is 2190. The molecule has 3 aliphatic rings. The van der Waals surface area contributed by atoms with Gasteiger partial charge in [0.15, 0.2) is 11.5 Å². The number of fused-ring (bicyclic) bond motifs is 2. The number of rotatable bonds is 26. The molecule has 3 aliphatic heterocycles. The van der Waals surface area contributed by atoms with E-state index < -0.39 is 171 Å². The normalized spacial score (nSPS) is 26.5. The van der Waals surface area contributed by atoms with E-state index in [9.17, 15) is 79.4 Å². The van der Waals surface area contributed by atoms with Gasteiger partial charge < -0.3 is 87.3 Å². The van der Waals surface area contributed by atoms with Crippen molar-refractivity contribution in [2.75, 3.05) is 19.6 Å². The van der Waals surface area contributed by atoms with Gasteiger partial charge in [0.25, 0.3) is 12.3 Å². The molecule has 1 aromatic rings. The number of nitrogens with one attached hydrogen (secondary N) is 5. The van der Waals surface area contributed by atoms with Crippen LogP contribution in [0.25, 0.3) is 0 Å². The number of amides is 8. The standard InChI is InChI=1S/C51H82N8O19S.Na/c1-4-5-6-7-8-9-10-11-12-13-14-15-16-17-40(67)54-33-22-31(61)25-53-49(72)44-45(68)28(2)26-59(44)51(74)43(37(65)24-39(52)66)57-48(71)42(36(64)20-30-18-19-35(63)38(21-30)76-79-78-77-75)56-47(70)34-23-32(62)27-58(34)50(73)41(29(3)60)55-46(33)69;/h18-19,21,28-29,31-34,36-37,41-45,60-65,68,75H,4-17,20,22-27H2,1-3H3,(H2,52,66)(H,53,72)(H,54,67)(H,55,69)(H,56,70)(H,57,71);/q;+1/p-1. The number of unbranched alkanes of at least 4 members (excludes halogenated alkanes) is 12. The molecule has 0 saturated carbocycles. The van der Waals surface area contributed by atoms with Gasteiger partial charge >= 0.3 is 29.6 Å². The van der Waals surface area contributed by atoms with Crippen LogP contribution in [0.15, 0.2) is 18.2 Å². The van der Waals surface area contributed by atoms with Crippen LogP contribution in [0, 0.1) is 5.92 Å². The first-order valence-corrected chi connectivity index (χ1v) is 27.8. The SMILES string of the molecule is CCCCCCCCCCCCCCCC(=O)NC1CC(O)CNC(=O)C2C(O)C(C)CN2C(=O)C(C(O)CC(N)=O)NC(=O)C(C(O)Cc2ccc(O)c(OSOO[O-])c2)NC(=O)C2CC(O)CN2C(=O)C(C(C)O)NC1=O.[Na+]. The molecule has 0 spiro atoms. The van der Waals surface area contributed by atoms with E-state index >= 15 is 0 Å². The van der Waals surface area contributed by atoms with Crippen LogP contribution in [0.2, 0.25) is 0 Å². The van der Waals surface area contributed by atoms with Crippen molar-refractivity contribution in [1.82, 2.24) is 36.4 Å². The number of primary amides is 1. The van der Waals surface area contributed by atoms with Crippen molar-refractivity contribution in [2.45, 2.75) is 209 Å². The van der Waals surface area contributed by atoms with Crippen LogP contribution in [0.5, 0.6) is 11.5 Å². The second-order valence-corrected chi connectivity index (χ2v) is 21.3. The molecule has 29 heteroatoms. The third kappa shape index (κ3) is 21.7. The Morgan fingerprint density at radius 1 is 0.775 bits per heavy atom. The number of carbonyl (C=O) groups excluding carboxylic acids is 8. The molecular weight excluding hydrogens is 1080 g/mol. The quantitative estimate of drug-likeness (QED) is 0.0135. The molecule has 4 rings (SSSR count). The molecule has 3 fully saturated rings. The van der Waals surface area contributed by atoms with Crippen molar-refractivity contribution >= 4 is 59.6 Å². The predicted molar refractivity (Wildman–Crippen MR) is 278 cm³/mol. The average Bonchev–Trinajstić information content (AvgIpc) is 3.95. The summed E-state index contributed by atoms with van der Waals surface area (Å²) in [5.74, 6) is -10.5.